The van der Waals surface area contributed by atoms with Crippen molar-refractivity contribution in [3.05, 3.63) is 53.9 Å². The zero-order valence-electron chi connectivity index (χ0n) is 10.3. The fourth-order valence-electron chi connectivity index (χ4n) is 2.58. The summed E-state index contributed by atoms with van der Waals surface area (Å²) in [6.45, 7) is 2.05. The number of pyridine rings is 1. The highest BCUT2D eigenvalue weighted by Crippen LogP contribution is 2.33. The molecule has 92 valence electrons. The highest BCUT2D eigenvalue weighted by Gasteiger charge is 2.20. The smallest absolute Gasteiger partial charge is 0.0633 e. The fraction of sp³-hybridized carbons (Fsp3) is 0.267. The number of hydrogen-bond donors (Lipinski definition) is 1. The monoisotopic (exact) mass is 239 g/mol. The van der Waals surface area contributed by atoms with Crippen LogP contribution in [0.4, 0.5) is 11.4 Å². The molecule has 1 aliphatic heterocycles. The third-order valence-corrected chi connectivity index (χ3v) is 3.48. The van der Waals surface area contributed by atoms with E-state index in [1.807, 2.05) is 30.5 Å². The number of fused-ring (bicyclic) bond motifs is 1. The molecule has 2 N–H and O–H groups in total. The predicted molar refractivity (Wildman–Crippen MR) is 74.7 cm³/mol. The first kappa shape index (κ1) is 11.1. The molecule has 1 aliphatic rings. The van der Waals surface area contributed by atoms with E-state index in [9.17, 15) is 0 Å². The molecule has 0 atom stereocenters. The molecule has 0 saturated heterocycles. The SMILES string of the molecule is Nc1cccc2c1N(CCc1ccccn1)CC2. The van der Waals surface area contributed by atoms with Crippen LogP contribution in [0.2, 0.25) is 0 Å². The number of nitrogens with zero attached hydrogens (tertiary/aromatic N) is 2. The number of rotatable bonds is 3. The molecule has 2 heterocycles. The maximum atomic E-state index is 6.07. The molecule has 1 aromatic carbocycles. The lowest BCUT2D eigenvalue weighted by Gasteiger charge is -2.20. The average molecular weight is 239 g/mol. The van der Waals surface area contributed by atoms with Gasteiger partial charge in [-0.15, -0.1) is 0 Å². The van der Waals surface area contributed by atoms with Crippen molar-refractivity contribution >= 4 is 11.4 Å². The van der Waals surface area contributed by atoms with Crippen molar-refractivity contribution in [3.8, 4) is 0 Å². The minimum atomic E-state index is 0.894. The first-order valence-electron chi connectivity index (χ1n) is 6.37. The van der Waals surface area contributed by atoms with E-state index < -0.39 is 0 Å². The van der Waals surface area contributed by atoms with Gasteiger partial charge in [0.15, 0.2) is 0 Å². The minimum Gasteiger partial charge on any atom is -0.397 e. The predicted octanol–water partition coefficient (Wildman–Crippen LogP) is 2.27. The van der Waals surface area contributed by atoms with Crippen LogP contribution in [0, 0.1) is 0 Å². The van der Waals surface area contributed by atoms with Crippen LogP contribution in [0.5, 0.6) is 0 Å². The molecule has 0 saturated carbocycles. The number of para-hydroxylation sites is 1. The van der Waals surface area contributed by atoms with E-state index >= 15 is 0 Å². The second-order valence-electron chi connectivity index (χ2n) is 4.66. The number of hydrogen-bond acceptors (Lipinski definition) is 3. The van der Waals surface area contributed by atoms with E-state index in [0.717, 1.165) is 37.3 Å². The van der Waals surface area contributed by atoms with Gasteiger partial charge in [0.25, 0.3) is 0 Å². The maximum absolute atomic E-state index is 6.07. The Morgan fingerprint density at radius 3 is 2.94 bits per heavy atom. The van der Waals surface area contributed by atoms with Crippen LogP contribution >= 0.6 is 0 Å². The molecular formula is C15H17N3. The Morgan fingerprint density at radius 2 is 2.11 bits per heavy atom. The molecule has 3 rings (SSSR count). The lowest BCUT2D eigenvalue weighted by atomic mass is 10.1. The molecule has 3 heteroatoms. The molecule has 3 nitrogen and oxygen atoms in total. The summed E-state index contributed by atoms with van der Waals surface area (Å²) in [5.74, 6) is 0. The number of nitrogens with two attached hydrogens (primary N) is 1. The van der Waals surface area contributed by atoms with Crippen molar-refractivity contribution < 1.29 is 0 Å². The summed E-state index contributed by atoms with van der Waals surface area (Å²) >= 11 is 0. The topological polar surface area (TPSA) is 42.1 Å². The Bertz CT molecular complexity index is 537. The third-order valence-electron chi connectivity index (χ3n) is 3.48. The first-order valence-corrected chi connectivity index (χ1v) is 6.37. The minimum absolute atomic E-state index is 0.894. The zero-order valence-corrected chi connectivity index (χ0v) is 10.3. The Morgan fingerprint density at radius 1 is 1.17 bits per heavy atom. The van der Waals surface area contributed by atoms with Crippen LogP contribution < -0.4 is 10.6 Å². The van der Waals surface area contributed by atoms with Crippen LogP contribution in [0.15, 0.2) is 42.6 Å². The van der Waals surface area contributed by atoms with Crippen LogP contribution in [0.1, 0.15) is 11.3 Å². The zero-order chi connectivity index (χ0) is 12.4. The van der Waals surface area contributed by atoms with Crippen molar-refractivity contribution in [2.45, 2.75) is 12.8 Å². The first-order chi connectivity index (χ1) is 8.84. The molecule has 2 aromatic rings. The Balaban J connectivity index is 1.74. The summed E-state index contributed by atoms with van der Waals surface area (Å²) in [4.78, 5) is 6.73. The summed E-state index contributed by atoms with van der Waals surface area (Å²) in [5, 5.41) is 0. The molecule has 0 amide bonds. The molecule has 0 aliphatic carbocycles. The van der Waals surface area contributed by atoms with Gasteiger partial charge in [-0.25, -0.2) is 0 Å². The Hall–Kier alpha value is -2.03. The highest BCUT2D eigenvalue weighted by atomic mass is 15.2. The van der Waals surface area contributed by atoms with Gasteiger partial charge < -0.3 is 10.6 Å². The fourth-order valence-corrected chi connectivity index (χ4v) is 2.58. The van der Waals surface area contributed by atoms with Crippen molar-refractivity contribution in [1.82, 2.24) is 4.98 Å². The summed E-state index contributed by atoms with van der Waals surface area (Å²) in [6.07, 6.45) is 3.92. The standard InChI is InChI=1S/C15H17N3/c16-14-6-3-4-12-7-10-18(15(12)14)11-8-13-5-1-2-9-17-13/h1-6,9H,7-8,10-11,16H2. The molecule has 0 spiro atoms. The lowest BCUT2D eigenvalue weighted by Crippen LogP contribution is -2.24. The van der Waals surface area contributed by atoms with Crippen LogP contribution in [-0.2, 0) is 12.8 Å². The largest absolute Gasteiger partial charge is 0.397 e. The quantitative estimate of drug-likeness (QED) is 0.835. The Labute approximate surface area is 107 Å². The molecular weight excluding hydrogens is 222 g/mol. The summed E-state index contributed by atoms with van der Waals surface area (Å²) in [5.41, 5.74) is 10.7. The van der Waals surface area contributed by atoms with E-state index in [1.54, 1.807) is 0 Å². The second kappa shape index (κ2) is 4.69. The number of nitrogen functional groups attached to an aromatic ring is 1. The van der Waals surface area contributed by atoms with Gasteiger partial charge >= 0.3 is 0 Å². The van der Waals surface area contributed by atoms with E-state index in [2.05, 4.69) is 22.0 Å². The van der Waals surface area contributed by atoms with Crippen LogP contribution in [0.25, 0.3) is 0 Å². The van der Waals surface area contributed by atoms with E-state index in [1.165, 1.54) is 11.3 Å². The van der Waals surface area contributed by atoms with Gasteiger partial charge in [0, 0.05) is 31.4 Å². The van der Waals surface area contributed by atoms with Gasteiger partial charge in [0.05, 0.1) is 11.4 Å². The van der Waals surface area contributed by atoms with Gasteiger partial charge in [-0.05, 0) is 30.2 Å². The summed E-state index contributed by atoms with van der Waals surface area (Å²) in [7, 11) is 0. The van der Waals surface area contributed by atoms with Gasteiger partial charge in [0.2, 0.25) is 0 Å². The molecule has 0 unspecified atom stereocenters. The average Bonchev–Trinajstić information content (AvgIpc) is 2.82. The van der Waals surface area contributed by atoms with Gasteiger partial charge in [-0.3, -0.25) is 4.98 Å². The van der Waals surface area contributed by atoms with Crippen molar-refractivity contribution in [2.24, 2.45) is 0 Å². The molecule has 18 heavy (non-hydrogen) atoms. The summed E-state index contributed by atoms with van der Waals surface area (Å²) < 4.78 is 0. The lowest BCUT2D eigenvalue weighted by molar-refractivity contribution is 0.800. The number of anilines is 2. The van der Waals surface area contributed by atoms with Crippen LogP contribution in [0.3, 0.4) is 0 Å². The molecule has 1 aromatic heterocycles. The summed E-state index contributed by atoms with van der Waals surface area (Å²) in [6, 6.07) is 12.3. The van der Waals surface area contributed by atoms with E-state index in [0.29, 0.717) is 0 Å². The molecule has 0 bridgehead atoms. The highest BCUT2D eigenvalue weighted by molar-refractivity contribution is 5.74. The van der Waals surface area contributed by atoms with Gasteiger partial charge in [-0.2, -0.15) is 0 Å². The molecule has 0 fully saturated rings. The number of aromatic nitrogens is 1. The molecule has 0 radical (unpaired) electrons. The van der Waals surface area contributed by atoms with E-state index in [-0.39, 0.29) is 0 Å². The Kier molecular flexibility index (Phi) is 2.89. The van der Waals surface area contributed by atoms with E-state index in [4.69, 9.17) is 5.73 Å². The normalized spacial score (nSPS) is 13.7. The van der Waals surface area contributed by atoms with Crippen LogP contribution in [-0.4, -0.2) is 18.1 Å². The van der Waals surface area contributed by atoms with Gasteiger partial charge in [0.1, 0.15) is 0 Å². The van der Waals surface area contributed by atoms with Crippen molar-refractivity contribution in [2.75, 3.05) is 23.7 Å². The number of benzene rings is 1. The second-order valence-corrected chi connectivity index (χ2v) is 4.66. The van der Waals surface area contributed by atoms with Crippen molar-refractivity contribution in [3.63, 3.8) is 0 Å². The third kappa shape index (κ3) is 2.04. The maximum Gasteiger partial charge on any atom is 0.0633 e. The van der Waals surface area contributed by atoms with Gasteiger partial charge in [-0.1, -0.05) is 18.2 Å². The van der Waals surface area contributed by atoms with Crippen molar-refractivity contribution in [1.29, 1.82) is 0 Å².